The van der Waals surface area contributed by atoms with Crippen LogP contribution in [0.3, 0.4) is 0 Å². The van der Waals surface area contributed by atoms with E-state index in [9.17, 15) is 0 Å². The first-order chi connectivity index (χ1) is 6.90. The van der Waals surface area contributed by atoms with Gasteiger partial charge in [-0.1, -0.05) is 0 Å². The minimum absolute atomic E-state index is 0.526. The van der Waals surface area contributed by atoms with E-state index in [-0.39, 0.29) is 0 Å². The summed E-state index contributed by atoms with van der Waals surface area (Å²) in [6.07, 6.45) is 6.52. The molecule has 0 bridgehead atoms. The van der Waals surface area contributed by atoms with E-state index in [0.717, 1.165) is 26.1 Å². The molecule has 0 saturated carbocycles. The zero-order valence-electron chi connectivity index (χ0n) is 8.19. The van der Waals surface area contributed by atoms with Gasteiger partial charge in [0.1, 0.15) is 6.33 Å². The van der Waals surface area contributed by atoms with Crippen molar-refractivity contribution in [3.8, 4) is 0 Å². The van der Waals surface area contributed by atoms with Gasteiger partial charge < -0.3 is 11.1 Å². The number of piperidine rings is 1. The molecule has 2 unspecified atom stereocenters. The van der Waals surface area contributed by atoms with Gasteiger partial charge in [0.05, 0.1) is 0 Å². The van der Waals surface area contributed by atoms with Crippen LogP contribution in [-0.2, 0) is 0 Å². The zero-order chi connectivity index (χ0) is 9.80. The topological polar surface area (TPSA) is 63.8 Å². The molecule has 0 aliphatic carbocycles. The number of nitrogens with one attached hydrogen (secondary N) is 1. The SMILES string of the molecule is NCC1CNCC(c2cncnc2)C1. The van der Waals surface area contributed by atoms with Gasteiger partial charge >= 0.3 is 0 Å². The van der Waals surface area contributed by atoms with Gasteiger partial charge in [0, 0.05) is 18.9 Å². The Balaban J connectivity index is 2.04. The molecule has 2 atom stereocenters. The fourth-order valence-corrected chi connectivity index (χ4v) is 1.99. The number of hydrogen-bond acceptors (Lipinski definition) is 4. The molecule has 2 heterocycles. The average Bonchev–Trinajstić information content (AvgIpc) is 2.30. The summed E-state index contributed by atoms with van der Waals surface area (Å²) in [5, 5.41) is 3.40. The minimum Gasteiger partial charge on any atom is -0.330 e. The molecule has 0 amide bonds. The van der Waals surface area contributed by atoms with Crippen molar-refractivity contribution in [2.45, 2.75) is 12.3 Å². The van der Waals surface area contributed by atoms with E-state index in [2.05, 4.69) is 15.3 Å². The van der Waals surface area contributed by atoms with Crippen LogP contribution in [0.15, 0.2) is 18.7 Å². The quantitative estimate of drug-likeness (QED) is 0.699. The standard InChI is InChI=1S/C10H16N4/c11-2-8-1-9(4-12-3-8)10-5-13-7-14-6-10/h5-9,12H,1-4,11H2. The smallest absolute Gasteiger partial charge is 0.115 e. The Hall–Kier alpha value is -1.00. The van der Waals surface area contributed by atoms with Gasteiger partial charge in [0.15, 0.2) is 0 Å². The van der Waals surface area contributed by atoms with Gasteiger partial charge in [0.2, 0.25) is 0 Å². The van der Waals surface area contributed by atoms with Gasteiger partial charge in [-0.3, -0.25) is 0 Å². The zero-order valence-corrected chi connectivity index (χ0v) is 8.19. The summed E-state index contributed by atoms with van der Waals surface area (Å²) in [4.78, 5) is 8.08. The maximum Gasteiger partial charge on any atom is 0.115 e. The van der Waals surface area contributed by atoms with Crippen LogP contribution in [0, 0.1) is 5.92 Å². The molecular weight excluding hydrogens is 176 g/mol. The first-order valence-corrected chi connectivity index (χ1v) is 5.06. The van der Waals surface area contributed by atoms with Crippen molar-refractivity contribution in [3.05, 3.63) is 24.3 Å². The molecule has 1 aliphatic heterocycles. The molecule has 76 valence electrons. The molecule has 0 aromatic carbocycles. The maximum atomic E-state index is 5.67. The first kappa shape index (κ1) is 9.55. The number of nitrogens with zero attached hydrogens (tertiary/aromatic N) is 2. The molecule has 1 fully saturated rings. The highest BCUT2D eigenvalue weighted by molar-refractivity contribution is 5.12. The molecule has 1 aromatic heterocycles. The van der Waals surface area contributed by atoms with Crippen LogP contribution < -0.4 is 11.1 Å². The summed E-state index contributed by atoms with van der Waals surface area (Å²) >= 11 is 0. The van der Waals surface area contributed by atoms with E-state index in [1.807, 2.05) is 12.4 Å². The molecule has 0 spiro atoms. The van der Waals surface area contributed by atoms with Gasteiger partial charge in [-0.15, -0.1) is 0 Å². The lowest BCUT2D eigenvalue weighted by molar-refractivity contribution is 0.347. The van der Waals surface area contributed by atoms with Crippen LogP contribution in [0.2, 0.25) is 0 Å². The van der Waals surface area contributed by atoms with E-state index in [4.69, 9.17) is 5.73 Å². The Morgan fingerprint density at radius 3 is 2.86 bits per heavy atom. The lowest BCUT2D eigenvalue weighted by Gasteiger charge is -2.29. The lowest BCUT2D eigenvalue weighted by atomic mass is 9.87. The van der Waals surface area contributed by atoms with E-state index in [0.29, 0.717) is 11.8 Å². The molecule has 2 rings (SSSR count). The fraction of sp³-hybridized carbons (Fsp3) is 0.600. The van der Waals surface area contributed by atoms with Gasteiger partial charge in [-0.25, -0.2) is 9.97 Å². The van der Waals surface area contributed by atoms with Crippen molar-refractivity contribution in [1.29, 1.82) is 0 Å². The molecule has 1 aliphatic rings. The summed E-state index contributed by atoms with van der Waals surface area (Å²) in [6, 6.07) is 0. The number of hydrogen-bond donors (Lipinski definition) is 2. The highest BCUT2D eigenvalue weighted by atomic mass is 14.9. The third kappa shape index (κ3) is 2.08. The second-order valence-corrected chi connectivity index (χ2v) is 3.86. The van der Waals surface area contributed by atoms with E-state index in [1.165, 1.54) is 5.56 Å². The fourth-order valence-electron chi connectivity index (χ4n) is 1.99. The van der Waals surface area contributed by atoms with Crippen LogP contribution in [-0.4, -0.2) is 29.6 Å². The molecule has 4 heteroatoms. The van der Waals surface area contributed by atoms with Crippen molar-refractivity contribution in [3.63, 3.8) is 0 Å². The predicted octanol–water partition coefficient (Wildman–Crippen LogP) is 0.128. The largest absolute Gasteiger partial charge is 0.330 e. The van der Waals surface area contributed by atoms with Crippen LogP contribution in [0.1, 0.15) is 17.9 Å². The Morgan fingerprint density at radius 2 is 2.14 bits per heavy atom. The summed E-state index contributed by atoms with van der Waals surface area (Å²) in [5.74, 6) is 1.12. The Bertz CT molecular complexity index is 275. The lowest BCUT2D eigenvalue weighted by Crippen LogP contribution is -2.38. The summed E-state index contributed by atoms with van der Waals surface area (Å²) < 4.78 is 0. The second-order valence-electron chi connectivity index (χ2n) is 3.86. The highest BCUT2D eigenvalue weighted by Crippen LogP contribution is 2.24. The normalized spacial score (nSPS) is 27.5. The number of aromatic nitrogens is 2. The summed E-state index contributed by atoms with van der Waals surface area (Å²) in [7, 11) is 0. The monoisotopic (exact) mass is 192 g/mol. The summed E-state index contributed by atoms with van der Waals surface area (Å²) in [5.41, 5.74) is 6.89. The molecule has 1 saturated heterocycles. The van der Waals surface area contributed by atoms with Gasteiger partial charge in [-0.2, -0.15) is 0 Å². The Kier molecular flexibility index (Phi) is 3.06. The third-order valence-corrected chi connectivity index (χ3v) is 2.83. The van der Waals surface area contributed by atoms with Gasteiger partial charge in [0.25, 0.3) is 0 Å². The Labute approximate surface area is 83.9 Å². The van der Waals surface area contributed by atoms with Crippen LogP contribution in [0.4, 0.5) is 0 Å². The van der Waals surface area contributed by atoms with E-state index < -0.39 is 0 Å². The minimum atomic E-state index is 0.526. The predicted molar refractivity (Wildman–Crippen MR) is 54.8 cm³/mol. The van der Waals surface area contributed by atoms with Crippen LogP contribution in [0.5, 0.6) is 0 Å². The third-order valence-electron chi connectivity index (χ3n) is 2.83. The number of rotatable bonds is 2. The first-order valence-electron chi connectivity index (χ1n) is 5.06. The maximum absolute atomic E-state index is 5.67. The van der Waals surface area contributed by atoms with Crippen molar-refractivity contribution < 1.29 is 0 Å². The molecule has 3 N–H and O–H groups in total. The van der Waals surface area contributed by atoms with Crippen molar-refractivity contribution in [2.75, 3.05) is 19.6 Å². The van der Waals surface area contributed by atoms with Crippen molar-refractivity contribution >= 4 is 0 Å². The summed E-state index contributed by atoms with van der Waals surface area (Å²) in [6.45, 7) is 2.82. The van der Waals surface area contributed by atoms with Crippen molar-refractivity contribution in [1.82, 2.24) is 15.3 Å². The molecule has 0 radical (unpaired) electrons. The van der Waals surface area contributed by atoms with E-state index >= 15 is 0 Å². The van der Waals surface area contributed by atoms with Crippen molar-refractivity contribution in [2.24, 2.45) is 11.7 Å². The Morgan fingerprint density at radius 1 is 1.36 bits per heavy atom. The van der Waals surface area contributed by atoms with E-state index in [1.54, 1.807) is 6.33 Å². The molecule has 4 nitrogen and oxygen atoms in total. The second kappa shape index (κ2) is 4.48. The molecule has 1 aromatic rings. The average molecular weight is 192 g/mol. The molecular formula is C10H16N4. The van der Waals surface area contributed by atoms with Crippen LogP contribution >= 0.6 is 0 Å². The highest BCUT2D eigenvalue weighted by Gasteiger charge is 2.21. The number of nitrogens with two attached hydrogens (primary N) is 1. The van der Waals surface area contributed by atoms with Crippen LogP contribution in [0.25, 0.3) is 0 Å². The molecule has 14 heavy (non-hydrogen) atoms. The van der Waals surface area contributed by atoms with Gasteiger partial charge in [-0.05, 0) is 36.9 Å².